The molecule has 1 aromatic heterocycles. The van der Waals surface area contributed by atoms with Gasteiger partial charge in [0.15, 0.2) is 0 Å². The minimum Gasteiger partial charge on any atom is -0.332 e. The monoisotopic (exact) mass is 320 g/mol. The van der Waals surface area contributed by atoms with Crippen molar-refractivity contribution in [2.75, 3.05) is 0 Å². The summed E-state index contributed by atoms with van der Waals surface area (Å²) in [5.41, 5.74) is 3.29. The second-order valence-electron chi connectivity index (χ2n) is 3.68. The number of carbonyl (C=O) groups is 1. The molecule has 2 aromatic rings. The van der Waals surface area contributed by atoms with Gasteiger partial charge in [0.05, 0.1) is 0 Å². The van der Waals surface area contributed by atoms with Gasteiger partial charge in [-0.1, -0.05) is 48.8 Å². The maximum atomic E-state index is 10.3. The molecule has 1 aromatic carbocycles. The molecule has 0 atom stereocenters. The number of hydrogen-bond acceptors (Lipinski definition) is 5. The van der Waals surface area contributed by atoms with E-state index in [1.54, 1.807) is 30.4 Å². The van der Waals surface area contributed by atoms with Crippen LogP contribution >= 0.6 is 11.6 Å². The van der Waals surface area contributed by atoms with Crippen LogP contribution in [0.4, 0.5) is 0 Å². The van der Waals surface area contributed by atoms with E-state index in [1.165, 1.54) is 0 Å². The van der Waals surface area contributed by atoms with Crippen molar-refractivity contribution in [3.8, 4) is 11.4 Å². The molecular weight excluding hydrogens is 304 g/mol. The van der Waals surface area contributed by atoms with E-state index in [9.17, 15) is 4.79 Å². The van der Waals surface area contributed by atoms with Crippen molar-refractivity contribution < 1.29 is 9.32 Å². The SMILES string of the molecule is C/C=C\C(=N/NC=O)c1nc(-c2cccc(Cl)c2)no1.CC. The lowest BCUT2D eigenvalue weighted by Crippen LogP contribution is -2.07. The molecule has 0 aliphatic heterocycles. The Hall–Kier alpha value is -2.47. The second kappa shape index (κ2) is 9.46. The zero-order valence-corrected chi connectivity index (χ0v) is 13.3. The molecule has 1 heterocycles. The molecule has 0 spiro atoms. The minimum atomic E-state index is 0.201. The summed E-state index contributed by atoms with van der Waals surface area (Å²) in [6.07, 6.45) is 3.85. The van der Waals surface area contributed by atoms with Crippen molar-refractivity contribution in [1.82, 2.24) is 15.6 Å². The lowest BCUT2D eigenvalue weighted by Gasteiger charge is -1.94. The van der Waals surface area contributed by atoms with Crippen LogP contribution in [0.1, 0.15) is 26.7 Å². The van der Waals surface area contributed by atoms with E-state index < -0.39 is 0 Å². The van der Waals surface area contributed by atoms with Crippen molar-refractivity contribution >= 4 is 23.7 Å². The summed E-state index contributed by atoms with van der Waals surface area (Å²) in [7, 11) is 0. The van der Waals surface area contributed by atoms with E-state index in [1.807, 2.05) is 26.8 Å². The number of aromatic nitrogens is 2. The van der Waals surface area contributed by atoms with Crippen molar-refractivity contribution in [2.24, 2.45) is 5.10 Å². The van der Waals surface area contributed by atoms with E-state index in [2.05, 4.69) is 20.7 Å². The Morgan fingerprint density at radius 3 is 2.82 bits per heavy atom. The number of hydrazone groups is 1. The topological polar surface area (TPSA) is 80.4 Å². The maximum Gasteiger partial charge on any atom is 0.278 e. The molecule has 0 fully saturated rings. The van der Waals surface area contributed by atoms with Gasteiger partial charge in [-0.3, -0.25) is 4.79 Å². The number of amides is 1. The predicted octanol–water partition coefficient (Wildman–Crippen LogP) is 3.44. The number of nitrogens with one attached hydrogen (secondary N) is 1. The van der Waals surface area contributed by atoms with Crippen molar-refractivity contribution in [2.45, 2.75) is 20.8 Å². The summed E-state index contributed by atoms with van der Waals surface area (Å²) < 4.78 is 5.13. The fourth-order valence-electron chi connectivity index (χ4n) is 1.48. The summed E-state index contributed by atoms with van der Waals surface area (Å²) in [6.45, 7) is 5.81. The van der Waals surface area contributed by atoms with Crippen molar-refractivity contribution in [3.63, 3.8) is 0 Å². The second-order valence-corrected chi connectivity index (χ2v) is 4.11. The predicted molar refractivity (Wildman–Crippen MR) is 86.6 cm³/mol. The van der Waals surface area contributed by atoms with Gasteiger partial charge in [-0.25, -0.2) is 5.43 Å². The van der Waals surface area contributed by atoms with E-state index >= 15 is 0 Å². The molecule has 6 nitrogen and oxygen atoms in total. The van der Waals surface area contributed by atoms with Crippen LogP contribution in [0, 0.1) is 0 Å². The molecule has 1 amide bonds. The van der Waals surface area contributed by atoms with Crippen molar-refractivity contribution in [1.29, 1.82) is 0 Å². The Kier molecular flexibility index (Phi) is 7.56. The highest BCUT2D eigenvalue weighted by Gasteiger charge is 2.12. The van der Waals surface area contributed by atoms with E-state index in [0.717, 1.165) is 5.56 Å². The Balaban J connectivity index is 0.00000116. The highest BCUT2D eigenvalue weighted by Crippen LogP contribution is 2.20. The van der Waals surface area contributed by atoms with Gasteiger partial charge in [0.2, 0.25) is 12.2 Å². The summed E-state index contributed by atoms with van der Waals surface area (Å²) in [5.74, 6) is 0.596. The highest BCUT2D eigenvalue weighted by atomic mass is 35.5. The zero-order valence-electron chi connectivity index (χ0n) is 12.6. The number of hydrogen-bond donors (Lipinski definition) is 1. The molecule has 0 unspecified atom stereocenters. The van der Waals surface area contributed by atoms with Gasteiger partial charge in [-0.2, -0.15) is 10.1 Å². The number of nitrogens with zero attached hydrogens (tertiary/aromatic N) is 3. The Bertz CT molecular complexity index is 665. The number of benzene rings is 1. The van der Waals surface area contributed by atoms with Gasteiger partial charge in [0.25, 0.3) is 5.89 Å². The van der Waals surface area contributed by atoms with E-state index in [-0.39, 0.29) is 5.89 Å². The van der Waals surface area contributed by atoms with Gasteiger partial charge >= 0.3 is 0 Å². The average molecular weight is 321 g/mol. The van der Waals surface area contributed by atoms with Crippen LogP contribution in [0.5, 0.6) is 0 Å². The third-order valence-electron chi connectivity index (χ3n) is 2.29. The van der Waals surface area contributed by atoms with E-state index in [0.29, 0.717) is 23.0 Å². The Morgan fingerprint density at radius 1 is 1.41 bits per heavy atom. The van der Waals surface area contributed by atoms with Gasteiger partial charge in [-0.15, -0.1) is 0 Å². The number of rotatable bonds is 5. The van der Waals surface area contributed by atoms with Gasteiger partial charge in [0.1, 0.15) is 5.71 Å². The quantitative estimate of drug-likeness (QED) is 0.520. The van der Waals surface area contributed by atoms with Gasteiger partial charge in [-0.05, 0) is 25.1 Å². The smallest absolute Gasteiger partial charge is 0.278 e. The summed E-state index contributed by atoms with van der Waals surface area (Å²) >= 11 is 5.91. The van der Waals surface area contributed by atoms with Crippen LogP contribution in [0.2, 0.25) is 5.02 Å². The van der Waals surface area contributed by atoms with Crippen molar-refractivity contribution in [3.05, 3.63) is 47.3 Å². The zero-order chi connectivity index (χ0) is 16.4. The average Bonchev–Trinajstić information content (AvgIpc) is 3.03. The van der Waals surface area contributed by atoms with Crippen LogP contribution in [-0.2, 0) is 4.79 Å². The molecular formula is C15H17ClN4O2. The third kappa shape index (κ3) is 4.82. The molecule has 1 N–H and O–H groups in total. The number of allylic oxidation sites excluding steroid dienone is 2. The Morgan fingerprint density at radius 2 is 2.18 bits per heavy atom. The molecule has 2 rings (SSSR count). The molecule has 0 saturated heterocycles. The largest absolute Gasteiger partial charge is 0.332 e. The lowest BCUT2D eigenvalue weighted by molar-refractivity contribution is -0.109. The first-order chi connectivity index (χ1) is 10.7. The standard InChI is InChI=1S/C13H11ClN4O2.C2H6/c1-2-4-11(17-15-8-19)13-16-12(18-20-13)9-5-3-6-10(14)7-9;1-2/h2-8H,1H3,(H,15,19);1-2H3/b4-2-,17-11+;. The molecule has 0 aliphatic carbocycles. The first kappa shape index (κ1) is 17.6. The summed E-state index contributed by atoms with van der Waals surface area (Å²) in [6, 6.07) is 7.10. The molecule has 22 heavy (non-hydrogen) atoms. The minimum absolute atomic E-state index is 0.201. The van der Waals surface area contributed by atoms with Gasteiger partial charge in [0, 0.05) is 10.6 Å². The van der Waals surface area contributed by atoms with Gasteiger partial charge < -0.3 is 4.52 Å². The molecule has 0 aliphatic rings. The first-order valence-corrected chi connectivity index (χ1v) is 7.12. The summed E-state index contributed by atoms with van der Waals surface area (Å²) in [5, 5.41) is 8.26. The van der Waals surface area contributed by atoms with Crippen LogP contribution in [0.15, 0.2) is 46.0 Å². The summed E-state index contributed by atoms with van der Waals surface area (Å²) in [4.78, 5) is 14.5. The molecule has 7 heteroatoms. The van der Waals surface area contributed by atoms with E-state index in [4.69, 9.17) is 16.1 Å². The van der Waals surface area contributed by atoms with Crippen LogP contribution in [0.3, 0.4) is 0 Å². The van der Waals surface area contributed by atoms with Crippen LogP contribution in [0.25, 0.3) is 11.4 Å². The first-order valence-electron chi connectivity index (χ1n) is 6.74. The fourth-order valence-corrected chi connectivity index (χ4v) is 1.67. The normalized spacial score (nSPS) is 11.0. The lowest BCUT2D eigenvalue weighted by atomic mass is 10.2. The Labute approximate surface area is 133 Å². The number of carbonyl (C=O) groups excluding carboxylic acids is 1. The molecule has 0 bridgehead atoms. The molecule has 0 radical (unpaired) electrons. The highest BCUT2D eigenvalue weighted by molar-refractivity contribution is 6.30. The fraction of sp³-hybridized carbons (Fsp3) is 0.200. The third-order valence-corrected chi connectivity index (χ3v) is 2.53. The van der Waals surface area contributed by atoms with Crippen LogP contribution in [-0.4, -0.2) is 22.3 Å². The number of halogens is 1. The van der Waals surface area contributed by atoms with Crippen LogP contribution < -0.4 is 5.43 Å². The molecule has 0 saturated carbocycles. The maximum absolute atomic E-state index is 10.3. The molecule has 116 valence electrons.